The molecule has 0 fully saturated rings. The zero-order valence-corrected chi connectivity index (χ0v) is 14.0. The van der Waals surface area contributed by atoms with Crippen molar-refractivity contribution >= 4 is 0 Å². The lowest BCUT2D eigenvalue weighted by Gasteiger charge is -2.01. The van der Waals surface area contributed by atoms with Crippen molar-refractivity contribution in [1.82, 2.24) is 9.97 Å². The van der Waals surface area contributed by atoms with Crippen LogP contribution in [0.15, 0.2) is 48.8 Å². The van der Waals surface area contributed by atoms with E-state index in [9.17, 15) is 0 Å². The van der Waals surface area contributed by atoms with Gasteiger partial charge in [-0.25, -0.2) is 9.97 Å². The molecule has 23 heavy (non-hydrogen) atoms. The summed E-state index contributed by atoms with van der Waals surface area (Å²) >= 11 is 0. The van der Waals surface area contributed by atoms with Crippen LogP contribution in [0, 0.1) is 27.7 Å². The van der Waals surface area contributed by atoms with Crippen molar-refractivity contribution in [2.45, 2.75) is 34.1 Å². The maximum atomic E-state index is 8.31. The third kappa shape index (κ3) is 3.48. The summed E-state index contributed by atoms with van der Waals surface area (Å²) in [5, 5.41) is 0. The molecular formula is C21H22N2. The number of rotatable bonds is 0. The van der Waals surface area contributed by atoms with Gasteiger partial charge < -0.3 is 0 Å². The first-order valence-electron chi connectivity index (χ1n) is 8.77. The van der Waals surface area contributed by atoms with E-state index < -0.39 is 6.37 Å². The highest BCUT2D eigenvalue weighted by Crippen LogP contribution is 2.37. The molecule has 0 saturated heterocycles. The van der Waals surface area contributed by atoms with Crippen LogP contribution in [-0.2, 0) is 6.37 Å². The highest BCUT2D eigenvalue weighted by Gasteiger charge is 2.17. The van der Waals surface area contributed by atoms with E-state index >= 15 is 0 Å². The van der Waals surface area contributed by atoms with E-state index in [0.717, 1.165) is 44.8 Å². The summed E-state index contributed by atoms with van der Waals surface area (Å²) in [4.78, 5) is 7.94. The normalized spacial score (nSPS) is 14.8. The van der Waals surface area contributed by atoms with E-state index in [4.69, 9.17) is 2.74 Å². The van der Waals surface area contributed by atoms with Crippen LogP contribution in [0.2, 0.25) is 0 Å². The fourth-order valence-corrected chi connectivity index (χ4v) is 2.59. The number of hydrogen-bond acceptors (Lipinski definition) is 2. The quantitative estimate of drug-likeness (QED) is 0.586. The summed E-state index contributed by atoms with van der Waals surface area (Å²) in [6, 6.07) is 12.1. The van der Waals surface area contributed by atoms with Crippen molar-refractivity contribution in [3.8, 4) is 11.1 Å². The largest absolute Gasteiger partial charge is 0.241 e. The molecule has 0 bridgehead atoms. The Bertz CT molecular complexity index is 841. The SMILES string of the molecule is Cc1cnc(C)nc1.[2H]C1([2H])c2cc(C)ccc2-c2ccc(C)cc21. The Hall–Kier alpha value is -2.48. The lowest BCUT2D eigenvalue weighted by molar-refractivity contribution is 1.03. The van der Waals surface area contributed by atoms with E-state index in [-0.39, 0.29) is 0 Å². The lowest BCUT2D eigenvalue weighted by Crippen LogP contribution is -1.84. The molecule has 116 valence electrons. The highest BCUT2D eigenvalue weighted by molar-refractivity contribution is 5.77. The second-order valence-corrected chi connectivity index (χ2v) is 6.03. The summed E-state index contributed by atoms with van der Waals surface area (Å²) in [6.07, 6.45) is 2.26. The Morgan fingerprint density at radius 1 is 0.739 bits per heavy atom. The van der Waals surface area contributed by atoms with Crippen molar-refractivity contribution < 1.29 is 2.74 Å². The lowest BCUT2D eigenvalue weighted by atomic mass is 10.0. The molecule has 4 rings (SSSR count). The zero-order chi connectivity index (χ0) is 18.2. The Labute approximate surface area is 141 Å². The molecule has 3 aromatic rings. The summed E-state index contributed by atoms with van der Waals surface area (Å²) < 4.78 is 16.6. The molecule has 2 nitrogen and oxygen atoms in total. The molecule has 2 aromatic carbocycles. The fourth-order valence-electron chi connectivity index (χ4n) is 2.59. The molecular weight excluding hydrogens is 280 g/mol. The highest BCUT2D eigenvalue weighted by atomic mass is 14.8. The molecule has 0 atom stereocenters. The smallest absolute Gasteiger partial charge is 0.125 e. The van der Waals surface area contributed by atoms with Crippen LogP contribution in [-0.4, -0.2) is 9.97 Å². The van der Waals surface area contributed by atoms with E-state index in [2.05, 4.69) is 9.97 Å². The number of aromatic nitrogens is 2. The van der Waals surface area contributed by atoms with Gasteiger partial charge in [-0.2, -0.15) is 0 Å². The van der Waals surface area contributed by atoms with E-state index in [0.29, 0.717) is 0 Å². The minimum absolute atomic E-state index is 0.804. The average molecular weight is 304 g/mol. The van der Waals surface area contributed by atoms with Crippen molar-refractivity contribution in [2.24, 2.45) is 0 Å². The molecule has 0 unspecified atom stereocenters. The summed E-state index contributed by atoms with van der Waals surface area (Å²) in [5.41, 5.74) is 7.01. The van der Waals surface area contributed by atoms with Crippen LogP contribution >= 0.6 is 0 Å². The van der Waals surface area contributed by atoms with Crippen molar-refractivity contribution in [3.05, 3.63) is 82.4 Å². The van der Waals surface area contributed by atoms with Gasteiger partial charge in [-0.05, 0) is 61.9 Å². The first-order valence-corrected chi connectivity index (χ1v) is 7.77. The predicted molar refractivity (Wildman–Crippen MR) is 95.7 cm³/mol. The van der Waals surface area contributed by atoms with Gasteiger partial charge in [0.15, 0.2) is 0 Å². The molecule has 1 aromatic heterocycles. The molecule has 2 heteroatoms. The molecule has 0 radical (unpaired) electrons. The first kappa shape index (κ1) is 13.0. The number of nitrogens with zero attached hydrogens (tertiary/aromatic N) is 2. The van der Waals surface area contributed by atoms with E-state index in [1.165, 1.54) is 0 Å². The minimum atomic E-state index is -1.36. The maximum Gasteiger partial charge on any atom is 0.125 e. The Kier molecular flexibility index (Phi) is 3.58. The summed E-state index contributed by atoms with van der Waals surface area (Å²) in [6.45, 7) is 7.86. The first-order chi connectivity index (χ1) is 11.8. The van der Waals surface area contributed by atoms with Crippen molar-refractivity contribution in [2.75, 3.05) is 0 Å². The molecule has 1 heterocycles. The Morgan fingerprint density at radius 3 is 1.65 bits per heavy atom. The standard InChI is InChI=1S/C15H14.C6H8N2/c1-10-3-5-14-12(7-10)9-13-8-11(2)4-6-15(13)14;1-5-3-7-6(2)8-4-5/h3-8H,9H2,1-2H3;3-4H,1-2H3/i9D2;. The van der Waals surface area contributed by atoms with Gasteiger partial charge in [-0.3, -0.25) is 0 Å². The van der Waals surface area contributed by atoms with E-state index in [1.54, 1.807) is 0 Å². The topological polar surface area (TPSA) is 25.8 Å². The van der Waals surface area contributed by atoms with Crippen LogP contribution in [0.4, 0.5) is 0 Å². The third-order valence-electron chi connectivity index (χ3n) is 3.82. The Morgan fingerprint density at radius 2 is 1.22 bits per heavy atom. The second kappa shape index (κ2) is 6.33. The van der Waals surface area contributed by atoms with Crippen LogP contribution in [0.25, 0.3) is 11.1 Å². The zero-order valence-electron chi connectivity index (χ0n) is 16.0. The van der Waals surface area contributed by atoms with Crippen LogP contribution in [0.5, 0.6) is 0 Å². The van der Waals surface area contributed by atoms with E-state index in [1.807, 2.05) is 76.5 Å². The predicted octanol–water partition coefficient (Wildman–Crippen LogP) is 4.97. The second-order valence-electron chi connectivity index (χ2n) is 6.03. The molecule has 0 saturated carbocycles. The number of hydrogen-bond donors (Lipinski definition) is 0. The molecule has 1 aliphatic carbocycles. The van der Waals surface area contributed by atoms with Crippen molar-refractivity contribution in [3.63, 3.8) is 0 Å². The average Bonchev–Trinajstić information content (AvgIpc) is 2.78. The van der Waals surface area contributed by atoms with Gasteiger partial charge in [-0.15, -0.1) is 0 Å². The van der Waals surface area contributed by atoms with Crippen LogP contribution < -0.4 is 0 Å². The number of aryl methyl sites for hydroxylation is 4. The van der Waals surface area contributed by atoms with Gasteiger partial charge in [-0.1, -0.05) is 47.5 Å². The van der Waals surface area contributed by atoms with Gasteiger partial charge in [0.2, 0.25) is 0 Å². The summed E-state index contributed by atoms with van der Waals surface area (Å²) in [5.74, 6) is 0.829. The molecule has 0 N–H and O–H groups in total. The molecule has 0 amide bonds. The van der Waals surface area contributed by atoms with Gasteiger partial charge in [0, 0.05) is 15.1 Å². The molecule has 0 spiro atoms. The minimum Gasteiger partial charge on any atom is -0.241 e. The third-order valence-corrected chi connectivity index (χ3v) is 3.82. The van der Waals surface area contributed by atoms with Crippen LogP contribution in [0.1, 0.15) is 36.4 Å². The maximum absolute atomic E-state index is 8.31. The van der Waals surface area contributed by atoms with Crippen molar-refractivity contribution in [1.29, 1.82) is 0 Å². The Balaban J connectivity index is 0.000000192. The molecule has 0 aliphatic heterocycles. The van der Waals surface area contributed by atoms with Gasteiger partial charge in [0.05, 0.1) is 0 Å². The van der Waals surface area contributed by atoms with Crippen LogP contribution in [0.3, 0.4) is 0 Å². The monoisotopic (exact) mass is 304 g/mol. The van der Waals surface area contributed by atoms with Gasteiger partial charge in [0.25, 0.3) is 0 Å². The number of benzene rings is 2. The summed E-state index contributed by atoms with van der Waals surface area (Å²) in [7, 11) is 0. The number of fused-ring (bicyclic) bond motifs is 3. The van der Waals surface area contributed by atoms with Gasteiger partial charge >= 0.3 is 0 Å². The molecule has 1 aliphatic rings. The van der Waals surface area contributed by atoms with Gasteiger partial charge in [0.1, 0.15) is 5.82 Å². The fraction of sp³-hybridized carbons (Fsp3) is 0.238.